The Hall–Kier alpha value is -1.46. The maximum absolute atomic E-state index is 12.1. The summed E-state index contributed by atoms with van der Waals surface area (Å²) in [7, 11) is 0. The van der Waals surface area contributed by atoms with E-state index < -0.39 is 0 Å². The molecule has 0 bridgehead atoms. The van der Waals surface area contributed by atoms with E-state index in [1.54, 1.807) is 0 Å². The zero-order chi connectivity index (χ0) is 18.6. The normalized spacial score (nSPS) is 15.0. The van der Waals surface area contributed by atoms with Gasteiger partial charge in [-0.15, -0.1) is 12.4 Å². The fraction of sp³-hybridized carbons (Fsp3) is 0.667. The van der Waals surface area contributed by atoms with E-state index in [4.69, 9.17) is 9.47 Å². The summed E-state index contributed by atoms with van der Waals surface area (Å²) in [6.45, 7) is 8.15. The van der Waals surface area contributed by atoms with E-state index in [0.717, 1.165) is 44.6 Å². The quantitative estimate of drug-likeness (QED) is 0.529. The molecular weight excluding hydrogens is 364 g/mol. The van der Waals surface area contributed by atoms with Gasteiger partial charge in [0.1, 0.15) is 11.9 Å². The molecule has 1 amide bonds. The van der Waals surface area contributed by atoms with Crippen molar-refractivity contribution in [3.8, 4) is 5.75 Å². The number of amides is 1. The molecule has 1 heterocycles. The van der Waals surface area contributed by atoms with E-state index in [2.05, 4.69) is 24.1 Å². The van der Waals surface area contributed by atoms with Gasteiger partial charge < -0.3 is 14.4 Å². The fourth-order valence-electron chi connectivity index (χ4n) is 3.20. The number of hydrogen-bond acceptors (Lipinski definition) is 4. The van der Waals surface area contributed by atoms with Crippen LogP contribution >= 0.6 is 12.4 Å². The highest BCUT2D eigenvalue weighted by Crippen LogP contribution is 2.19. The number of likely N-dealkylation sites (tertiary alicyclic amines) is 1. The average molecular weight is 399 g/mol. The van der Waals surface area contributed by atoms with Crippen molar-refractivity contribution >= 4 is 24.2 Å². The van der Waals surface area contributed by atoms with Crippen LogP contribution in [0.2, 0.25) is 0 Å². The van der Waals surface area contributed by atoms with Crippen molar-refractivity contribution < 1.29 is 14.3 Å². The Morgan fingerprint density at radius 3 is 2.59 bits per heavy atom. The Balaban J connectivity index is 0.00000364. The Morgan fingerprint density at radius 1 is 1.15 bits per heavy atom. The summed E-state index contributed by atoms with van der Waals surface area (Å²) in [5.74, 6) is 0.787. The molecule has 0 spiro atoms. The van der Waals surface area contributed by atoms with Gasteiger partial charge in [-0.1, -0.05) is 45.6 Å². The summed E-state index contributed by atoms with van der Waals surface area (Å²) in [5, 5.41) is 2.82. The van der Waals surface area contributed by atoms with Crippen LogP contribution < -0.4 is 10.1 Å². The molecule has 154 valence electrons. The molecule has 1 fully saturated rings. The van der Waals surface area contributed by atoms with Crippen molar-refractivity contribution in [2.75, 3.05) is 31.6 Å². The van der Waals surface area contributed by atoms with Gasteiger partial charge in [-0.25, -0.2) is 4.79 Å². The van der Waals surface area contributed by atoms with Crippen molar-refractivity contribution in [3.63, 3.8) is 0 Å². The number of piperidine rings is 1. The number of hydrogen-bond donors (Lipinski definition) is 1. The predicted molar refractivity (Wildman–Crippen MR) is 113 cm³/mol. The van der Waals surface area contributed by atoms with E-state index in [1.807, 2.05) is 24.3 Å². The molecular formula is C21H35ClN2O3. The molecule has 1 N–H and O–H groups in total. The van der Waals surface area contributed by atoms with E-state index in [0.29, 0.717) is 12.3 Å². The Labute approximate surface area is 170 Å². The van der Waals surface area contributed by atoms with Gasteiger partial charge in [0.2, 0.25) is 0 Å². The topological polar surface area (TPSA) is 50.8 Å². The van der Waals surface area contributed by atoms with Gasteiger partial charge in [0.25, 0.3) is 0 Å². The van der Waals surface area contributed by atoms with Crippen LogP contribution in [-0.2, 0) is 4.74 Å². The van der Waals surface area contributed by atoms with E-state index in [9.17, 15) is 4.79 Å². The minimum atomic E-state index is -0.378. The molecule has 1 saturated heterocycles. The molecule has 1 aromatic rings. The van der Waals surface area contributed by atoms with Crippen LogP contribution in [0.1, 0.15) is 58.8 Å². The summed E-state index contributed by atoms with van der Waals surface area (Å²) < 4.78 is 11.3. The number of anilines is 1. The van der Waals surface area contributed by atoms with Crippen LogP contribution in [-0.4, -0.2) is 43.3 Å². The monoisotopic (exact) mass is 398 g/mol. The number of ether oxygens (including phenoxy) is 2. The standard InChI is InChI=1S/C21H34N2O3.ClH/c1-3-5-6-7-8-16-25-20-11-9-10-18(17-20)22-21(24)26-19-12-14-23(4-2)15-13-19;/h9-11,17,19H,3-8,12-16H2,1-2H3,(H,22,24);1H. The smallest absolute Gasteiger partial charge is 0.411 e. The Morgan fingerprint density at radius 2 is 1.89 bits per heavy atom. The van der Waals surface area contributed by atoms with Crippen LogP contribution in [0.15, 0.2) is 24.3 Å². The third-order valence-corrected chi connectivity index (χ3v) is 4.85. The lowest BCUT2D eigenvalue weighted by molar-refractivity contribution is 0.0606. The van der Waals surface area contributed by atoms with Crippen molar-refractivity contribution in [1.29, 1.82) is 0 Å². The van der Waals surface area contributed by atoms with Crippen molar-refractivity contribution in [3.05, 3.63) is 24.3 Å². The predicted octanol–water partition coefficient (Wildman–Crippen LogP) is 5.49. The molecule has 0 radical (unpaired) electrons. The first-order valence-electron chi connectivity index (χ1n) is 10.1. The Bertz CT molecular complexity index is 534. The second-order valence-electron chi connectivity index (χ2n) is 6.95. The summed E-state index contributed by atoms with van der Waals surface area (Å²) in [4.78, 5) is 14.5. The highest BCUT2D eigenvalue weighted by molar-refractivity contribution is 5.85. The van der Waals surface area contributed by atoms with E-state index in [-0.39, 0.29) is 24.6 Å². The lowest BCUT2D eigenvalue weighted by Gasteiger charge is -2.30. The number of halogens is 1. The molecule has 5 nitrogen and oxygen atoms in total. The second kappa shape index (κ2) is 13.7. The van der Waals surface area contributed by atoms with Crippen LogP contribution in [0.4, 0.5) is 10.5 Å². The molecule has 0 atom stereocenters. The van der Waals surface area contributed by atoms with Crippen LogP contribution in [0.5, 0.6) is 5.75 Å². The summed E-state index contributed by atoms with van der Waals surface area (Å²) in [6, 6.07) is 7.52. The van der Waals surface area contributed by atoms with Gasteiger partial charge >= 0.3 is 6.09 Å². The molecule has 1 aliphatic heterocycles. The van der Waals surface area contributed by atoms with Gasteiger partial charge in [0.05, 0.1) is 6.61 Å². The van der Waals surface area contributed by atoms with Crippen LogP contribution in [0, 0.1) is 0 Å². The first-order chi connectivity index (χ1) is 12.7. The maximum atomic E-state index is 12.1. The number of unbranched alkanes of at least 4 members (excludes halogenated alkanes) is 4. The zero-order valence-corrected chi connectivity index (χ0v) is 17.6. The van der Waals surface area contributed by atoms with Gasteiger partial charge in [-0.3, -0.25) is 5.32 Å². The zero-order valence-electron chi connectivity index (χ0n) is 16.7. The Kier molecular flexibility index (Phi) is 11.9. The minimum Gasteiger partial charge on any atom is -0.494 e. The van der Waals surface area contributed by atoms with Crippen LogP contribution in [0.25, 0.3) is 0 Å². The minimum absolute atomic E-state index is 0. The fourth-order valence-corrected chi connectivity index (χ4v) is 3.20. The summed E-state index contributed by atoms with van der Waals surface area (Å²) in [5.41, 5.74) is 0.712. The summed E-state index contributed by atoms with van der Waals surface area (Å²) >= 11 is 0. The second-order valence-corrected chi connectivity index (χ2v) is 6.95. The maximum Gasteiger partial charge on any atom is 0.411 e. The van der Waals surface area contributed by atoms with E-state index >= 15 is 0 Å². The molecule has 0 saturated carbocycles. The highest BCUT2D eigenvalue weighted by atomic mass is 35.5. The molecule has 0 aliphatic carbocycles. The number of carbonyl (C=O) groups excluding carboxylic acids is 1. The molecule has 2 rings (SSSR count). The summed E-state index contributed by atoms with van der Waals surface area (Å²) in [6.07, 6.45) is 7.53. The highest BCUT2D eigenvalue weighted by Gasteiger charge is 2.21. The average Bonchev–Trinajstić information content (AvgIpc) is 2.65. The van der Waals surface area contributed by atoms with Gasteiger partial charge in [-0.2, -0.15) is 0 Å². The SMILES string of the molecule is CCCCCCCOc1cccc(NC(=O)OC2CCN(CC)CC2)c1.Cl. The number of rotatable bonds is 10. The third-order valence-electron chi connectivity index (χ3n) is 4.85. The molecule has 1 aliphatic rings. The van der Waals surface area contributed by atoms with Gasteiger partial charge in [0.15, 0.2) is 0 Å². The third kappa shape index (κ3) is 9.34. The number of carbonyl (C=O) groups is 1. The largest absolute Gasteiger partial charge is 0.494 e. The first kappa shape index (κ1) is 23.6. The lowest BCUT2D eigenvalue weighted by Crippen LogP contribution is -2.38. The molecule has 1 aromatic carbocycles. The van der Waals surface area contributed by atoms with Gasteiger partial charge in [-0.05, 0) is 37.9 Å². The molecule has 27 heavy (non-hydrogen) atoms. The van der Waals surface area contributed by atoms with Crippen molar-refractivity contribution in [1.82, 2.24) is 4.90 Å². The van der Waals surface area contributed by atoms with Crippen LogP contribution in [0.3, 0.4) is 0 Å². The first-order valence-corrected chi connectivity index (χ1v) is 10.1. The number of nitrogens with zero attached hydrogens (tertiary/aromatic N) is 1. The number of benzene rings is 1. The molecule has 0 aromatic heterocycles. The number of nitrogens with one attached hydrogen (secondary N) is 1. The molecule has 6 heteroatoms. The van der Waals surface area contributed by atoms with Gasteiger partial charge in [0, 0.05) is 24.8 Å². The molecule has 0 unspecified atom stereocenters. The lowest BCUT2D eigenvalue weighted by atomic mass is 10.1. The van der Waals surface area contributed by atoms with Crippen molar-refractivity contribution in [2.45, 2.75) is 64.9 Å². The van der Waals surface area contributed by atoms with Crippen molar-refractivity contribution in [2.24, 2.45) is 0 Å². The van der Waals surface area contributed by atoms with E-state index in [1.165, 1.54) is 25.7 Å².